The highest BCUT2D eigenvalue weighted by Crippen LogP contribution is 2.69. The Balaban J connectivity index is 2.32. The molecule has 0 aliphatic heterocycles. The molecule has 0 bridgehead atoms. The van der Waals surface area contributed by atoms with Crippen molar-refractivity contribution in [1.29, 1.82) is 0 Å². The van der Waals surface area contributed by atoms with Crippen LogP contribution >= 0.6 is 0 Å². The molecule has 2 atom stereocenters. The lowest BCUT2D eigenvalue weighted by Crippen LogP contribution is -2.35. The summed E-state index contributed by atoms with van der Waals surface area (Å²) in [5, 5.41) is 0. The molecule has 0 saturated heterocycles. The molecule has 0 radical (unpaired) electrons. The summed E-state index contributed by atoms with van der Waals surface area (Å²) in [5.41, 5.74) is -0.838. The fraction of sp³-hybridized carbons (Fsp3) is 0.800. The summed E-state index contributed by atoms with van der Waals surface area (Å²) >= 11 is 0. The molecule has 72 valence electrons. The molecule has 0 aromatic rings. The van der Waals surface area contributed by atoms with Crippen LogP contribution in [0.15, 0.2) is 0 Å². The van der Waals surface area contributed by atoms with Crippen LogP contribution in [-0.4, -0.2) is 18.9 Å². The number of ether oxygens (including phenoxy) is 1. The van der Waals surface area contributed by atoms with Gasteiger partial charge in [0.25, 0.3) is 0 Å². The Bertz CT molecular complexity index is 274. The summed E-state index contributed by atoms with van der Waals surface area (Å²) in [6.45, 7) is 2.01. The van der Waals surface area contributed by atoms with Gasteiger partial charge in [-0.05, 0) is 24.7 Å². The Kier molecular flexibility index (Phi) is 1.57. The highest BCUT2D eigenvalue weighted by atomic mass is 16.5. The van der Waals surface area contributed by atoms with Crippen molar-refractivity contribution in [2.45, 2.75) is 32.6 Å². The average Bonchev–Trinajstić information content (AvgIpc) is 2.74. The molecule has 0 spiro atoms. The van der Waals surface area contributed by atoms with E-state index in [1.54, 1.807) is 0 Å². The molecule has 2 rings (SSSR count). The monoisotopic (exact) mass is 182 g/mol. The standard InChI is InChI=1S/C10H14O3/c1-9-5-3-4-7(11)10(9,6-9)8(12)13-2/h3-6H2,1-2H3/t9-,10-/m0/s1. The molecule has 3 nitrogen and oxygen atoms in total. The molecule has 0 aromatic heterocycles. The average molecular weight is 182 g/mol. The van der Waals surface area contributed by atoms with Crippen LogP contribution in [0.1, 0.15) is 32.6 Å². The quantitative estimate of drug-likeness (QED) is 0.453. The third-order valence-corrected chi connectivity index (χ3v) is 3.70. The van der Waals surface area contributed by atoms with E-state index in [0.29, 0.717) is 12.8 Å². The van der Waals surface area contributed by atoms with Gasteiger partial charge in [-0.25, -0.2) is 0 Å². The Morgan fingerprint density at radius 1 is 1.54 bits per heavy atom. The normalized spacial score (nSPS) is 42.5. The topological polar surface area (TPSA) is 43.4 Å². The van der Waals surface area contributed by atoms with E-state index >= 15 is 0 Å². The number of carbonyl (C=O) groups is 2. The van der Waals surface area contributed by atoms with Gasteiger partial charge in [-0.2, -0.15) is 0 Å². The van der Waals surface area contributed by atoms with Gasteiger partial charge in [-0.15, -0.1) is 0 Å². The largest absolute Gasteiger partial charge is 0.468 e. The number of ketones is 1. The number of fused-ring (bicyclic) bond motifs is 1. The van der Waals surface area contributed by atoms with E-state index in [9.17, 15) is 9.59 Å². The van der Waals surface area contributed by atoms with Crippen molar-refractivity contribution in [1.82, 2.24) is 0 Å². The number of esters is 1. The van der Waals surface area contributed by atoms with Gasteiger partial charge in [0.1, 0.15) is 5.41 Å². The van der Waals surface area contributed by atoms with Gasteiger partial charge < -0.3 is 4.74 Å². The van der Waals surface area contributed by atoms with E-state index in [-0.39, 0.29) is 17.2 Å². The van der Waals surface area contributed by atoms with E-state index in [2.05, 4.69) is 0 Å². The summed E-state index contributed by atoms with van der Waals surface area (Å²) < 4.78 is 4.71. The summed E-state index contributed by atoms with van der Waals surface area (Å²) in [6, 6.07) is 0. The first-order chi connectivity index (χ1) is 6.07. The van der Waals surface area contributed by atoms with Gasteiger partial charge in [0.15, 0.2) is 5.78 Å². The first-order valence-electron chi connectivity index (χ1n) is 4.68. The number of hydrogen-bond donors (Lipinski definition) is 0. The zero-order chi connectivity index (χ0) is 9.69. The predicted molar refractivity (Wildman–Crippen MR) is 46.0 cm³/mol. The number of Topliss-reactive ketones (excluding diaryl/α,β-unsaturated/α-hetero) is 1. The van der Waals surface area contributed by atoms with Crippen LogP contribution in [0.2, 0.25) is 0 Å². The highest BCUT2D eigenvalue weighted by Gasteiger charge is 2.74. The van der Waals surface area contributed by atoms with Gasteiger partial charge in [0.05, 0.1) is 7.11 Å². The van der Waals surface area contributed by atoms with Gasteiger partial charge in [0.2, 0.25) is 0 Å². The smallest absolute Gasteiger partial charge is 0.319 e. The molecule has 0 unspecified atom stereocenters. The summed E-state index contributed by atoms with van der Waals surface area (Å²) in [7, 11) is 1.36. The summed E-state index contributed by atoms with van der Waals surface area (Å²) in [5.74, 6) is -0.229. The van der Waals surface area contributed by atoms with Crippen LogP contribution in [0.3, 0.4) is 0 Å². The lowest BCUT2D eigenvalue weighted by molar-refractivity contribution is -0.154. The number of methoxy groups -OCH3 is 1. The fourth-order valence-corrected chi connectivity index (χ4v) is 2.74. The molecule has 2 aliphatic carbocycles. The second-order valence-electron chi connectivity index (χ2n) is 4.41. The second-order valence-corrected chi connectivity index (χ2v) is 4.41. The molecule has 0 amide bonds. The Hall–Kier alpha value is -0.860. The van der Waals surface area contributed by atoms with Gasteiger partial charge >= 0.3 is 5.97 Å². The van der Waals surface area contributed by atoms with Gasteiger partial charge in [-0.3, -0.25) is 9.59 Å². The molecule has 0 aromatic carbocycles. The molecule has 3 heteroatoms. The van der Waals surface area contributed by atoms with Crippen LogP contribution in [0, 0.1) is 10.8 Å². The Morgan fingerprint density at radius 2 is 2.23 bits per heavy atom. The predicted octanol–water partition coefficient (Wildman–Crippen LogP) is 1.31. The van der Waals surface area contributed by atoms with Crippen LogP contribution in [0.25, 0.3) is 0 Å². The lowest BCUT2D eigenvalue weighted by Gasteiger charge is -2.24. The summed E-state index contributed by atoms with van der Waals surface area (Å²) in [6.07, 6.45) is 3.15. The lowest BCUT2D eigenvalue weighted by atomic mass is 9.79. The number of hydrogen-bond acceptors (Lipinski definition) is 3. The van der Waals surface area contributed by atoms with Crippen molar-refractivity contribution in [2.24, 2.45) is 10.8 Å². The minimum atomic E-state index is -0.750. The molecule has 2 aliphatic rings. The third-order valence-electron chi connectivity index (χ3n) is 3.70. The van der Waals surface area contributed by atoms with E-state index in [0.717, 1.165) is 12.8 Å². The maximum atomic E-state index is 11.7. The maximum absolute atomic E-state index is 11.7. The van der Waals surface area contributed by atoms with E-state index in [1.165, 1.54) is 7.11 Å². The second kappa shape index (κ2) is 2.34. The van der Waals surface area contributed by atoms with Crippen molar-refractivity contribution in [3.8, 4) is 0 Å². The first-order valence-corrected chi connectivity index (χ1v) is 4.68. The SMILES string of the molecule is COC(=O)[C@@]12C[C@]1(C)CCCC2=O. The van der Waals surface area contributed by atoms with Crippen molar-refractivity contribution in [3.63, 3.8) is 0 Å². The third kappa shape index (κ3) is 0.847. The first kappa shape index (κ1) is 8.73. The van der Waals surface area contributed by atoms with Crippen LogP contribution in [0.4, 0.5) is 0 Å². The number of carbonyl (C=O) groups excluding carboxylic acids is 2. The Labute approximate surface area is 77.4 Å². The zero-order valence-corrected chi connectivity index (χ0v) is 8.05. The van der Waals surface area contributed by atoms with Crippen LogP contribution < -0.4 is 0 Å². The van der Waals surface area contributed by atoms with E-state index in [4.69, 9.17) is 4.74 Å². The minimum absolute atomic E-state index is 0.0879. The van der Waals surface area contributed by atoms with Gasteiger partial charge in [-0.1, -0.05) is 6.92 Å². The highest BCUT2D eigenvalue weighted by molar-refractivity contribution is 6.08. The molecule has 13 heavy (non-hydrogen) atoms. The van der Waals surface area contributed by atoms with Crippen molar-refractivity contribution in [2.75, 3.05) is 7.11 Å². The van der Waals surface area contributed by atoms with Crippen LogP contribution in [-0.2, 0) is 14.3 Å². The molecule has 2 saturated carbocycles. The summed E-state index contributed by atoms with van der Waals surface area (Å²) in [4.78, 5) is 23.2. The molecular formula is C10H14O3. The van der Waals surface area contributed by atoms with Crippen LogP contribution in [0.5, 0.6) is 0 Å². The molecule has 0 N–H and O–H groups in total. The number of rotatable bonds is 1. The zero-order valence-electron chi connectivity index (χ0n) is 8.05. The van der Waals surface area contributed by atoms with Crippen molar-refractivity contribution in [3.05, 3.63) is 0 Å². The van der Waals surface area contributed by atoms with E-state index < -0.39 is 5.41 Å². The van der Waals surface area contributed by atoms with Gasteiger partial charge in [0, 0.05) is 6.42 Å². The fourth-order valence-electron chi connectivity index (χ4n) is 2.74. The maximum Gasteiger partial charge on any atom is 0.319 e. The van der Waals surface area contributed by atoms with Crippen molar-refractivity contribution >= 4 is 11.8 Å². The molecule has 0 heterocycles. The Morgan fingerprint density at radius 3 is 2.77 bits per heavy atom. The molecular weight excluding hydrogens is 168 g/mol. The van der Waals surface area contributed by atoms with E-state index in [1.807, 2.05) is 6.92 Å². The minimum Gasteiger partial charge on any atom is -0.468 e. The van der Waals surface area contributed by atoms with Crippen molar-refractivity contribution < 1.29 is 14.3 Å². The molecule has 2 fully saturated rings.